The zero-order valence-electron chi connectivity index (χ0n) is 11.5. The number of likely N-dealkylation sites (N-methyl/N-ethyl adjacent to an activating group) is 1. The summed E-state index contributed by atoms with van der Waals surface area (Å²) in [5, 5.41) is 10.8. The third-order valence-corrected chi connectivity index (χ3v) is 3.76. The summed E-state index contributed by atoms with van der Waals surface area (Å²) in [6.45, 7) is 4.83. The molecule has 102 valence electrons. The number of aromatic nitrogens is 1. The molecule has 0 saturated heterocycles. The molecule has 0 bridgehead atoms. The SMILES string of the molecule is Cc1ccc2cc(CN(C)C(C)CO)c(Cl)nc2c1. The lowest BCUT2D eigenvalue weighted by molar-refractivity contribution is 0.154. The van der Waals surface area contributed by atoms with E-state index in [-0.39, 0.29) is 12.6 Å². The predicted octanol–water partition coefficient (Wildman–Crippen LogP) is 3.01. The molecule has 1 heterocycles. The molecule has 4 heteroatoms. The van der Waals surface area contributed by atoms with Gasteiger partial charge in [-0.25, -0.2) is 4.98 Å². The van der Waals surface area contributed by atoms with Crippen LogP contribution < -0.4 is 0 Å². The molecule has 1 aromatic carbocycles. The van der Waals surface area contributed by atoms with E-state index in [0.717, 1.165) is 16.5 Å². The summed E-state index contributed by atoms with van der Waals surface area (Å²) in [5.41, 5.74) is 3.09. The Hall–Kier alpha value is -1.16. The van der Waals surface area contributed by atoms with Gasteiger partial charge in [0.1, 0.15) is 5.15 Å². The summed E-state index contributed by atoms with van der Waals surface area (Å²) >= 11 is 6.25. The second kappa shape index (κ2) is 5.87. The number of aryl methyl sites for hydroxylation is 1. The summed E-state index contributed by atoms with van der Waals surface area (Å²) in [5.74, 6) is 0. The van der Waals surface area contributed by atoms with E-state index in [1.807, 2.05) is 27.0 Å². The van der Waals surface area contributed by atoms with Gasteiger partial charge in [-0.15, -0.1) is 0 Å². The van der Waals surface area contributed by atoms with Crippen molar-refractivity contribution in [3.8, 4) is 0 Å². The first kappa shape index (κ1) is 14.3. The van der Waals surface area contributed by atoms with E-state index in [1.165, 1.54) is 5.56 Å². The third-order valence-electron chi connectivity index (χ3n) is 3.44. The van der Waals surface area contributed by atoms with Crippen LogP contribution >= 0.6 is 11.6 Å². The van der Waals surface area contributed by atoms with Gasteiger partial charge in [-0.1, -0.05) is 23.7 Å². The van der Waals surface area contributed by atoms with Crippen LogP contribution in [0, 0.1) is 6.92 Å². The van der Waals surface area contributed by atoms with Crippen molar-refractivity contribution in [1.29, 1.82) is 0 Å². The molecule has 3 nitrogen and oxygen atoms in total. The molecule has 1 unspecified atom stereocenters. The lowest BCUT2D eigenvalue weighted by Crippen LogP contribution is -2.31. The average Bonchev–Trinajstić information content (AvgIpc) is 2.38. The molecule has 19 heavy (non-hydrogen) atoms. The molecule has 0 amide bonds. The van der Waals surface area contributed by atoms with Crippen LogP contribution in [0.4, 0.5) is 0 Å². The van der Waals surface area contributed by atoms with E-state index < -0.39 is 0 Å². The third kappa shape index (κ3) is 3.24. The molecule has 0 spiro atoms. The van der Waals surface area contributed by atoms with Crippen molar-refractivity contribution in [2.75, 3.05) is 13.7 Å². The second-order valence-electron chi connectivity index (χ2n) is 5.08. The number of nitrogens with zero attached hydrogens (tertiary/aromatic N) is 2. The summed E-state index contributed by atoms with van der Waals surface area (Å²) < 4.78 is 0. The molecule has 0 aliphatic heterocycles. The first-order valence-electron chi connectivity index (χ1n) is 6.38. The van der Waals surface area contributed by atoms with Gasteiger partial charge in [0.25, 0.3) is 0 Å². The van der Waals surface area contributed by atoms with Crippen LogP contribution in [-0.2, 0) is 6.54 Å². The van der Waals surface area contributed by atoms with E-state index >= 15 is 0 Å². The summed E-state index contributed by atoms with van der Waals surface area (Å²) in [4.78, 5) is 6.51. The molecular formula is C15H19ClN2O. The number of rotatable bonds is 4. The number of halogens is 1. The molecule has 0 aliphatic rings. The van der Waals surface area contributed by atoms with E-state index in [4.69, 9.17) is 16.7 Å². The minimum atomic E-state index is 0.102. The van der Waals surface area contributed by atoms with Crippen molar-refractivity contribution in [1.82, 2.24) is 9.88 Å². The Labute approximate surface area is 118 Å². The number of aliphatic hydroxyl groups is 1. The highest BCUT2D eigenvalue weighted by Crippen LogP contribution is 2.22. The fourth-order valence-electron chi connectivity index (χ4n) is 1.97. The lowest BCUT2D eigenvalue weighted by atomic mass is 10.1. The standard InChI is InChI=1S/C15H19ClN2O/c1-10-4-5-12-7-13(8-18(3)11(2)9-19)15(16)17-14(12)6-10/h4-7,11,19H,8-9H2,1-3H3. The van der Waals surface area contributed by atoms with Crippen LogP contribution in [0.1, 0.15) is 18.1 Å². The number of hydrogen-bond donors (Lipinski definition) is 1. The smallest absolute Gasteiger partial charge is 0.134 e. The van der Waals surface area contributed by atoms with Gasteiger partial charge >= 0.3 is 0 Å². The molecule has 2 rings (SSSR count). The molecule has 0 saturated carbocycles. The van der Waals surface area contributed by atoms with E-state index in [0.29, 0.717) is 11.7 Å². The van der Waals surface area contributed by atoms with Crippen molar-refractivity contribution in [3.05, 3.63) is 40.5 Å². The Balaban J connectivity index is 2.33. The first-order chi connectivity index (χ1) is 9.01. The van der Waals surface area contributed by atoms with E-state index in [9.17, 15) is 0 Å². The molecule has 1 atom stereocenters. The molecule has 2 aromatic rings. The van der Waals surface area contributed by atoms with Gasteiger partial charge in [0, 0.05) is 23.5 Å². The molecule has 0 aliphatic carbocycles. The Bertz CT molecular complexity index is 586. The zero-order valence-corrected chi connectivity index (χ0v) is 12.3. The van der Waals surface area contributed by atoms with Crippen LogP contribution in [0.15, 0.2) is 24.3 Å². The minimum Gasteiger partial charge on any atom is -0.395 e. The van der Waals surface area contributed by atoms with Crippen molar-refractivity contribution in [2.24, 2.45) is 0 Å². The number of pyridine rings is 1. The maximum Gasteiger partial charge on any atom is 0.134 e. The lowest BCUT2D eigenvalue weighted by Gasteiger charge is -2.23. The fourth-order valence-corrected chi connectivity index (χ4v) is 2.18. The normalized spacial score (nSPS) is 13.2. The monoisotopic (exact) mass is 278 g/mol. The average molecular weight is 279 g/mol. The first-order valence-corrected chi connectivity index (χ1v) is 6.76. The molecule has 0 fully saturated rings. The van der Waals surface area contributed by atoms with Gasteiger partial charge in [0.05, 0.1) is 12.1 Å². The topological polar surface area (TPSA) is 36.4 Å². The van der Waals surface area contributed by atoms with Gasteiger partial charge in [0.2, 0.25) is 0 Å². The number of fused-ring (bicyclic) bond motifs is 1. The van der Waals surface area contributed by atoms with E-state index in [1.54, 1.807) is 0 Å². The molecular weight excluding hydrogens is 260 g/mol. The van der Waals surface area contributed by atoms with Gasteiger partial charge in [-0.05, 0) is 38.6 Å². The van der Waals surface area contributed by atoms with Crippen molar-refractivity contribution >= 4 is 22.5 Å². The number of hydrogen-bond acceptors (Lipinski definition) is 3. The van der Waals surface area contributed by atoms with Crippen LogP contribution in [0.5, 0.6) is 0 Å². The highest BCUT2D eigenvalue weighted by atomic mass is 35.5. The van der Waals surface area contributed by atoms with Gasteiger partial charge < -0.3 is 5.11 Å². The van der Waals surface area contributed by atoms with Crippen LogP contribution in [0.2, 0.25) is 5.15 Å². The Morgan fingerprint density at radius 1 is 1.37 bits per heavy atom. The predicted molar refractivity (Wildman–Crippen MR) is 79.5 cm³/mol. The van der Waals surface area contributed by atoms with Crippen LogP contribution in [0.25, 0.3) is 10.9 Å². The summed E-state index contributed by atoms with van der Waals surface area (Å²) in [6, 6.07) is 8.34. The van der Waals surface area contributed by atoms with Gasteiger partial charge in [-0.3, -0.25) is 4.90 Å². The van der Waals surface area contributed by atoms with E-state index in [2.05, 4.69) is 28.1 Å². The Morgan fingerprint density at radius 3 is 2.79 bits per heavy atom. The molecule has 1 N–H and O–H groups in total. The molecule has 1 aromatic heterocycles. The Kier molecular flexibility index (Phi) is 4.40. The quantitative estimate of drug-likeness (QED) is 0.874. The van der Waals surface area contributed by atoms with Gasteiger partial charge in [0.15, 0.2) is 0 Å². The highest BCUT2D eigenvalue weighted by Gasteiger charge is 2.12. The summed E-state index contributed by atoms with van der Waals surface area (Å²) in [7, 11) is 1.97. The van der Waals surface area contributed by atoms with Gasteiger partial charge in [-0.2, -0.15) is 0 Å². The van der Waals surface area contributed by atoms with Crippen LogP contribution in [0.3, 0.4) is 0 Å². The zero-order chi connectivity index (χ0) is 14.0. The maximum absolute atomic E-state index is 9.16. The van der Waals surface area contributed by atoms with Crippen molar-refractivity contribution < 1.29 is 5.11 Å². The summed E-state index contributed by atoms with van der Waals surface area (Å²) in [6.07, 6.45) is 0. The maximum atomic E-state index is 9.16. The largest absolute Gasteiger partial charge is 0.395 e. The fraction of sp³-hybridized carbons (Fsp3) is 0.400. The molecule has 0 radical (unpaired) electrons. The van der Waals surface area contributed by atoms with Crippen LogP contribution in [-0.4, -0.2) is 34.7 Å². The van der Waals surface area contributed by atoms with Crippen molar-refractivity contribution in [2.45, 2.75) is 26.4 Å². The van der Waals surface area contributed by atoms with Crippen molar-refractivity contribution in [3.63, 3.8) is 0 Å². The number of benzene rings is 1. The Morgan fingerprint density at radius 2 is 2.11 bits per heavy atom. The minimum absolute atomic E-state index is 0.102. The highest BCUT2D eigenvalue weighted by molar-refractivity contribution is 6.30. The second-order valence-corrected chi connectivity index (χ2v) is 5.44. The number of aliphatic hydroxyl groups excluding tert-OH is 1.